The number of fused-ring (bicyclic) bond motifs is 1. The van der Waals surface area contributed by atoms with Gasteiger partial charge in [-0.3, -0.25) is 0 Å². The van der Waals surface area contributed by atoms with Crippen LogP contribution in [0.25, 0.3) is 33.4 Å². The van der Waals surface area contributed by atoms with E-state index >= 15 is 0 Å². The number of aromatic nitrogens is 1. The zero-order chi connectivity index (χ0) is 22.1. The normalized spacial score (nSPS) is 10.8. The SMILES string of the molecule is CCOc1nc(-c2cc3cc(Br)ccc3oc2=O)cc(-c2ccc(Cl)cc2Cl)c1C#N. The van der Waals surface area contributed by atoms with E-state index in [4.69, 9.17) is 32.4 Å². The van der Waals surface area contributed by atoms with Crippen molar-refractivity contribution in [3.8, 4) is 34.3 Å². The highest BCUT2D eigenvalue weighted by molar-refractivity contribution is 9.10. The van der Waals surface area contributed by atoms with Crippen molar-refractivity contribution in [2.45, 2.75) is 6.92 Å². The molecule has 0 unspecified atom stereocenters. The highest BCUT2D eigenvalue weighted by atomic mass is 79.9. The van der Waals surface area contributed by atoms with E-state index in [1.54, 1.807) is 49.4 Å². The maximum atomic E-state index is 12.7. The molecule has 31 heavy (non-hydrogen) atoms. The second-order valence-corrected chi connectivity index (χ2v) is 8.29. The van der Waals surface area contributed by atoms with Gasteiger partial charge >= 0.3 is 5.63 Å². The number of hydrogen-bond acceptors (Lipinski definition) is 5. The zero-order valence-electron chi connectivity index (χ0n) is 16.1. The van der Waals surface area contributed by atoms with Gasteiger partial charge < -0.3 is 9.15 Å². The van der Waals surface area contributed by atoms with Crippen molar-refractivity contribution in [1.82, 2.24) is 4.98 Å². The summed E-state index contributed by atoms with van der Waals surface area (Å²) in [6, 6.07) is 15.8. The topological polar surface area (TPSA) is 76.1 Å². The number of ether oxygens (including phenoxy) is 1. The van der Waals surface area contributed by atoms with Gasteiger partial charge in [0.2, 0.25) is 5.88 Å². The molecule has 0 aliphatic rings. The van der Waals surface area contributed by atoms with Crippen molar-refractivity contribution in [3.63, 3.8) is 0 Å². The van der Waals surface area contributed by atoms with Crippen molar-refractivity contribution in [2.24, 2.45) is 0 Å². The molecule has 0 radical (unpaired) electrons. The van der Waals surface area contributed by atoms with Crippen LogP contribution in [0.3, 0.4) is 0 Å². The third-order valence-electron chi connectivity index (χ3n) is 4.57. The Morgan fingerprint density at radius 2 is 1.90 bits per heavy atom. The van der Waals surface area contributed by atoms with E-state index in [0.717, 1.165) is 9.86 Å². The largest absolute Gasteiger partial charge is 0.477 e. The van der Waals surface area contributed by atoms with Crippen LogP contribution in [-0.2, 0) is 0 Å². The van der Waals surface area contributed by atoms with Crippen LogP contribution in [0.1, 0.15) is 12.5 Å². The van der Waals surface area contributed by atoms with Gasteiger partial charge in [-0.15, -0.1) is 0 Å². The lowest BCUT2D eigenvalue weighted by Crippen LogP contribution is -2.07. The predicted octanol–water partition coefficient (Wildman–Crippen LogP) is 6.86. The first kappa shape index (κ1) is 21.4. The summed E-state index contributed by atoms with van der Waals surface area (Å²) in [5.74, 6) is 0.109. The Balaban J connectivity index is 2.02. The smallest absolute Gasteiger partial charge is 0.345 e. The van der Waals surface area contributed by atoms with E-state index < -0.39 is 5.63 Å². The van der Waals surface area contributed by atoms with Gasteiger partial charge in [0.25, 0.3) is 0 Å². The van der Waals surface area contributed by atoms with E-state index in [9.17, 15) is 10.1 Å². The molecule has 8 heteroatoms. The van der Waals surface area contributed by atoms with E-state index in [-0.39, 0.29) is 23.6 Å². The van der Waals surface area contributed by atoms with Crippen LogP contribution in [0.15, 0.2) is 62.2 Å². The van der Waals surface area contributed by atoms with Gasteiger partial charge in [0.05, 0.1) is 17.9 Å². The maximum Gasteiger partial charge on any atom is 0.345 e. The molecule has 0 amide bonds. The fourth-order valence-corrected chi connectivity index (χ4v) is 4.09. The Labute approximate surface area is 195 Å². The summed E-state index contributed by atoms with van der Waals surface area (Å²) >= 11 is 15.9. The maximum absolute atomic E-state index is 12.7. The fraction of sp³-hybridized carbons (Fsp3) is 0.0870. The molecule has 154 valence electrons. The van der Waals surface area contributed by atoms with Crippen molar-refractivity contribution < 1.29 is 9.15 Å². The summed E-state index contributed by atoms with van der Waals surface area (Å²) in [4.78, 5) is 17.2. The molecule has 5 nitrogen and oxygen atoms in total. The lowest BCUT2D eigenvalue weighted by molar-refractivity contribution is 0.326. The second kappa shape index (κ2) is 8.72. The Morgan fingerprint density at radius 1 is 1.10 bits per heavy atom. The highest BCUT2D eigenvalue weighted by Crippen LogP contribution is 2.37. The molecule has 2 aromatic carbocycles. The minimum Gasteiger partial charge on any atom is -0.477 e. The first-order valence-corrected chi connectivity index (χ1v) is 10.7. The molecule has 0 aliphatic heterocycles. The highest BCUT2D eigenvalue weighted by Gasteiger charge is 2.20. The lowest BCUT2D eigenvalue weighted by Gasteiger charge is -2.13. The lowest BCUT2D eigenvalue weighted by atomic mass is 9.99. The van der Waals surface area contributed by atoms with Crippen LogP contribution in [0.4, 0.5) is 0 Å². The first-order valence-electron chi connectivity index (χ1n) is 9.18. The van der Waals surface area contributed by atoms with Gasteiger partial charge in [-0.2, -0.15) is 5.26 Å². The van der Waals surface area contributed by atoms with Crippen LogP contribution in [0, 0.1) is 11.3 Å². The molecule has 2 aromatic heterocycles. The second-order valence-electron chi connectivity index (χ2n) is 6.53. The molecule has 0 spiro atoms. The van der Waals surface area contributed by atoms with E-state index in [1.807, 2.05) is 6.07 Å². The summed E-state index contributed by atoms with van der Waals surface area (Å²) in [6.07, 6.45) is 0. The van der Waals surface area contributed by atoms with Crippen molar-refractivity contribution in [2.75, 3.05) is 6.61 Å². The van der Waals surface area contributed by atoms with Crippen molar-refractivity contribution in [3.05, 3.63) is 79.0 Å². The fourth-order valence-electron chi connectivity index (χ4n) is 3.20. The van der Waals surface area contributed by atoms with Crippen LogP contribution < -0.4 is 10.4 Å². The summed E-state index contributed by atoms with van der Waals surface area (Å²) in [7, 11) is 0. The number of nitrogens with zero attached hydrogens (tertiary/aromatic N) is 2. The van der Waals surface area contributed by atoms with Crippen LogP contribution >= 0.6 is 39.1 Å². The molecule has 0 N–H and O–H groups in total. The molecule has 0 fully saturated rings. The third kappa shape index (κ3) is 4.17. The van der Waals surface area contributed by atoms with Crippen LogP contribution in [0.5, 0.6) is 5.88 Å². The molecule has 2 heterocycles. The van der Waals surface area contributed by atoms with Gasteiger partial charge in [0, 0.05) is 31.0 Å². The van der Waals surface area contributed by atoms with Gasteiger partial charge in [0.1, 0.15) is 17.2 Å². The van der Waals surface area contributed by atoms with E-state index in [2.05, 4.69) is 27.0 Å². The zero-order valence-corrected chi connectivity index (χ0v) is 19.2. The monoisotopic (exact) mass is 514 g/mol. The molecule has 0 saturated carbocycles. The van der Waals surface area contributed by atoms with Crippen molar-refractivity contribution in [1.29, 1.82) is 5.26 Å². The molecule has 4 rings (SSSR count). The number of hydrogen-bond donors (Lipinski definition) is 0. The molecule has 0 bridgehead atoms. The Hall–Kier alpha value is -2.85. The molecular weight excluding hydrogens is 503 g/mol. The average Bonchev–Trinajstić information content (AvgIpc) is 2.73. The average molecular weight is 516 g/mol. The molecule has 0 saturated heterocycles. The number of rotatable bonds is 4. The molecule has 0 aliphatic carbocycles. The van der Waals surface area contributed by atoms with Crippen molar-refractivity contribution >= 4 is 50.1 Å². The molecule has 0 atom stereocenters. The van der Waals surface area contributed by atoms with Gasteiger partial charge in [-0.05, 0) is 49.4 Å². The number of pyridine rings is 1. The Bertz CT molecular complexity index is 1430. The standard InChI is InChI=1S/C23H13BrCl2N2O3/c1-2-30-22-18(11-27)16(15-5-4-14(25)9-19(15)26)10-20(28-22)17-8-12-7-13(24)3-6-21(12)31-23(17)29/h3-10H,2H2,1H3. The van der Waals surface area contributed by atoms with Crippen LogP contribution in [-0.4, -0.2) is 11.6 Å². The quantitative estimate of drug-likeness (QED) is 0.277. The molecular formula is C23H13BrCl2N2O3. The number of nitriles is 1. The number of halogens is 3. The van der Waals surface area contributed by atoms with Gasteiger partial charge in [-0.25, -0.2) is 9.78 Å². The Morgan fingerprint density at radius 3 is 2.61 bits per heavy atom. The van der Waals surface area contributed by atoms with Gasteiger partial charge in [-0.1, -0.05) is 45.2 Å². The summed E-state index contributed by atoms with van der Waals surface area (Å²) < 4.78 is 11.9. The summed E-state index contributed by atoms with van der Waals surface area (Å²) in [5, 5.41) is 11.3. The van der Waals surface area contributed by atoms with E-state index in [0.29, 0.717) is 32.4 Å². The summed E-state index contributed by atoms with van der Waals surface area (Å²) in [6.45, 7) is 2.07. The minimum absolute atomic E-state index is 0.109. The predicted molar refractivity (Wildman–Crippen MR) is 125 cm³/mol. The van der Waals surface area contributed by atoms with E-state index in [1.165, 1.54) is 0 Å². The van der Waals surface area contributed by atoms with Gasteiger partial charge in [0.15, 0.2) is 0 Å². The number of benzene rings is 2. The van der Waals surface area contributed by atoms with Crippen LogP contribution in [0.2, 0.25) is 10.0 Å². The third-order valence-corrected chi connectivity index (χ3v) is 5.61. The Kier molecular flexibility index (Phi) is 6.01. The molecule has 4 aromatic rings. The summed E-state index contributed by atoms with van der Waals surface area (Å²) in [5.41, 5.74) is 1.70. The first-order chi connectivity index (χ1) is 14.9. The minimum atomic E-state index is -0.553.